The molecule has 30 heavy (non-hydrogen) atoms. The summed E-state index contributed by atoms with van der Waals surface area (Å²) in [7, 11) is 0. The van der Waals surface area contributed by atoms with Crippen LogP contribution in [0.15, 0.2) is 55.1 Å². The van der Waals surface area contributed by atoms with Crippen molar-refractivity contribution in [2.45, 2.75) is 18.4 Å². The van der Waals surface area contributed by atoms with Crippen LogP contribution in [-0.4, -0.2) is 44.1 Å². The molecule has 3 N–H and O–H groups in total. The topological polar surface area (TPSA) is 117 Å². The zero-order valence-corrected chi connectivity index (χ0v) is 15.8. The highest BCUT2D eigenvalue weighted by atomic mass is 19.1. The predicted molar refractivity (Wildman–Crippen MR) is 106 cm³/mol. The number of halogens is 1. The maximum Gasteiger partial charge on any atom is 0.405 e. The minimum absolute atomic E-state index is 0.245. The lowest BCUT2D eigenvalue weighted by Gasteiger charge is -2.16. The van der Waals surface area contributed by atoms with E-state index in [1.54, 1.807) is 30.5 Å². The van der Waals surface area contributed by atoms with Crippen molar-refractivity contribution in [3.63, 3.8) is 0 Å². The number of pyridine rings is 1. The molecule has 3 aromatic rings. The van der Waals surface area contributed by atoms with E-state index < -0.39 is 17.4 Å². The van der Waals surface area contributed by atoms with Crippen molar-refractivity contribution in [2.24, 2.45) is 0 Å². The number of carbonyl (C=O) groups is 2. The summed E-state index contributed by atoms with van der Waals surface area (Å²) in [6, 6.07) is 8.14. The lowest BCUT2D eigenvalue weighted by Crippen LogP contribution is -2.45. The Hall–Kier alpha value is -3.88. The number of aromatic nitrogens is 3. The van der Waals surface area contributed by atoms with Crippen LogP contribution in [0.4, 0.5) is 9.18 Å². The Morgan fingerprint density at radius 3 is 2.30 bits per heavy atom. The van der Waals surface area contributed by atoms with Gasteiger partial charge in [-0.3, -0.25) is 14.8 Å². The molecule has 1 fully saturated rings. The van der Waals surface area contributed by atoms with Crippen molar-refractivity contribution >= 4 is 12.0 Å². The number of rotatable bonds is 6. The second-order valence-corrected chi connectivity index (χ2v) is 7.15. The van der Waals surface area contributed by atoms with E-state index in [9.17, 15) is 14.0 Å². The van der Waals surface area contributed by atoms with E-state index >= 15 is 0 Å². The number of nitrogens with one attached hydrogen (secondary N) is 2. The number of hydrogen-bond acceptors (Lipinski definition) is 5. The normalized spacial score (nSPS) is 14.0. The Morgan fingerprint density at radius 1 is 1.00 bits per heavy atom. The van der Waals surface area contributed by atoms with Gasteiger partial charge >= 0.3 is 6.09 Å². The fourth-order valence-corrected chi connectivity index (χ4v) is 3.06. The number of nitrogens with zero attached hydrogens (tertiary/aromatic N) is 3. The van der Waals surface area contributed by atoms with E-state index in [-0.39, 0.29) is 12.5 Å². The maximum atomic E-state index is 13.4. The number of amides is 2. The molecule has 0 spiro atoms. The summed E-state index contributed by atoms with van der Waals surface area (Å²) in [6.07, 6.45) is 6.05. The number of benzene rings is 1. The van der Waals surface area contributed by atoms with Crippen molar-refractivity contribution in [2.75, 3.05) is 6.54 Å². The summed E-state index contributed by atoms with van der Waals surface area (Å²) in [4.78, 5) is 35.7. The van der Waals surface area contributed by atoms with Gasteiger partial charge < -0.3 is 15.7 Å². The molecule has 0 bridgehead atoms. The minimum Gasteiger partial charge on any atom is -0.465 e. The number of hydrogen-bond donors (Lipinski definition) is 3. The smallest absolute Gasteiger partial charge is 0.405 e. The second-order valence-electron chi connectivity index (χ2n) is 7.15. The monoisotopic (exact) mass is 407 g/mol. The number of carboxylic acid groups (broad SMARTS) is 1. The Kier molecular flexibility index (Phi) is 5.09. The van der Waals surface area contributed by atoms with E-state index in [0.29, 0.717) is 35.4 Å². The van der Waals surface area contributed by atoms with E-state index in [0.717, 1.165) is 11.8 Å². The molecule has 0 atom stereocenters. The molecule has 8 nitrogen and oxygen atoms in total. The van der Waals surface area contributed by atoms with Gasteiger partial charge in [-0.2, -0.15) is 0 Å². The largest absolute Gasteiger partial charge is 0.465 e. The van der Waals surface area contributed by atoms with Gasteiger partial charge in [-0.25, -0.2) is 14.2 Å². The van der Waals surface area contributed by atoms with Crippen LogP contribution < -0.4 is 10.6 Å². The van der Waals surface area contributed by atoms with Gasteiger partial charge in [-0.05, 0) is 31.0 Å². The third-order valence-corrected chi connectivity index (χ3v) is 4.89. The first-order valence-electron chi connectivity index (χ1n) is 9.27. The summed E-state index contributed by atoms with van der Waals surface area (Å²) in [6.45, 7) is 0.245. The molecule has 0 saturated heterocycles. The van der Waals surface area contributed by atoms with Gasteiger partial charge in [0, 0.05) is 29.4 Å². The predicted octanol–water partition coefficient (Wildman–Crippen LogP) is 2.87. The standard InChI is InChI=1S/C21H18FN5O3/c22-16-7-15(8-23-9-16)18-11-24-10-17(26-18)13-1-3-14(4-2-13)19(28)25-12-21(5-6-21)27-20(29)30/h1-4,7-11,27H,5-6,12H2,(H,25,28)(H,29,30). The Labute approximate surface area is 171 Å². The molecule has 1 aromatic carbocycles. The van der Waals surface area contributed by atoms with Gasteiger partial charge in [-0.15, -0.1) is 0 Å². The molecular weight excluding hydrogens is 389 g/mol. The molecular formula is C21H18FN5O3. The highest BCUT2D eigenvalue weighted by molar-refractivity contribution is 5.94. The summed E-state index contributed by atoms with van der Waals surface area (Å²) in [5.74, 6) is -0.743. The Balaban J connectivity index is 1.45. The molecule has 1 aliphatic carbocycles. The van der Waals surface area contributed by atoms with Crippen molar-refractivity contribution in [1.29, 1.82) is 0 Å². The first-order chi connectivity index (χ1) is 14.4. The molecule has 9 heteroatoms. The van der Waals surface area contributed by atoms with Crippen molar-refractivity contribution < 1.29 is 19.1 Å². The summed E-state index contributed by atoms with van der Waals surface area (Å²) >= 11 is 0. The van der Waals surface area contributed by atoms with E-state index in [1.807, 2.05) is 0 Å². The van der Waals surface area contributed by atoms with Gasteiger partial charge in [0.05, 0.1) is 35.5 Å². The molecule has 2 aromatic heterocycles. The third kappa shape index (κ3) is 4.40. The number of carbonyl (C=O) groups excluding carboxylic acids is 1. The van der Waals surface area contributed by atoms with Crippen LogP contribution in [0.2, 0.25) is 0 Å². The van der Waals surface area contributed by atoms with Crippen LogP contribution in [0.1, 0.15) is 23.2 Å². The molecule has 2 amide bonds. The molecule has 0 unspecified atom stereocenters. The molecule has 4 rings (SSSR count). The van der Waals surface area contributed by atoms with Crippen molar-refractivity contribution in [1.82, 2.24) is 25.6 Å². The Morgan fingerprint density at radius 2 is 1.67 bits per heavy atom. The first-order valence-corrected chi connectivity index (χ1v) is 9.27. The average molecular weight is 407 g/mol. The molecule has 1 aliphatic rings. The second kappa shape index (κ2) is 7.86. The van der Waals surface area contributed by atoms with E-state index in [1.165, 1.54) is 18.5 Å². The Bertz CT molecular complexity index is 1100. The van der Waals surface area contributed by atoms with Crippen LogP contribution >= 0.6 is 0 Å². The van der Waals surface area contributed by atoms with Crippen LogP contribution in [0, 0.1) is 5.82 Å². The fourth-order valence-electron chi connectivity index (χ4n) is 3.06. The van der Waals surface area contributed by atoms with Gasteiger partial charge in [0.25, 0.3) is 5.91 Å². The highest BCUT2D eigenvalue weighted by Crippen LogP contribution is 2.34. The SMILES string of the molecule is O=C(O)NC1(CNC(=O)c2ccc(-c3cncc(-c4cncc(F)c4)n3)cc2)CC1. The average Bonchev–Trinajstić information content (AvgIpc) is 3.51. The fraction of sp³-hybridized carbons (Fsp3) is 0.190. The summed E-state index contributed by atoms with van der Waals surface area (Å²) in [5, 5.41) is 14.1. The van der Waals surface area contributed by atoms with Gasteiger partial charge in [0.2, 0.25) is 0 Å². The molecule has 0 aliphatic heterocycles. The minimum atomic E-state index is -1.09. The third-order valence-electron chi connectivity index (χ3n) is 4.89. The molecule has 152 valence electrons. The van der Waals surface area contributed by atoms with Crippen LogP contribution in [0.25, 0.3) is 22.5 Å². The quantitative estimate of drug-likeness (QED) is 0.578. The van der Waals surface area contributed by atoms with E-state index in [4.69, 9.17) is 5.11 Å². The van der Waals surface area contributed by atoms with Gasteiger partial charge in [0.15, 0.2) is 0 Å². The molecule has 2 heterocycles. The molecule has 0 radical (unpaired) electrons. The van der Waals surface area contributed by atoms with Crippen LogP contribution in [0.5, 0.6) is 0 Å². The zero-order chi connectivity index (χ0) is 21.1. The molecule has 1 saturated carbocycles. The van der Waals surface area contributed by atoms with Crippen LogP contribution in [-0.2, 0) is 0 Å². The van der Waals surface area contributed by atoms with Crippen molar-refractivity contribution in [3.05, 3.63) is 66.5 Å². The first kappa shape index (κ1) is 19.4. The maximum absolute atomic E-state index is 13.4. The summed E-state index contributed by atoms with van der Waals surface area (Å²) in [5.41, 5.74) is 2.22. The lowest BCUT2D eigenvalue weighted by molar-refractivity contribution is 0.0946. The van der Waals surface area contributed by atoms with Gasteiger partial charge in [-0.1, -0.05) is 12.1 Å². The van der Waals surface area contributed by atoms with Crippen LogP contribution in [0.3, 0.4) is 0 Å². The zero-order valence-electron chi connectivity index (χ0n) is 15.8. The highest BCUT2D eigenvalue weighted by Gasteiger charge is 2.44. The summed E-state index contributed by atoms with van der Waals surface area (Å²) < 4.78 is 13.4. The van der Waals surface area contributed by atoms with Gasteiger partial charge in [0.1, 0.15) is 5.82 Å². The van der Waals surface area contributed by atoms with E-state index in [2.05, 4.69) is 25.6 Å². The van der Waals surface area contributed by atoms with Crippen molar-refractivity contribution in [3.8, 4) is 22.5 Å². The lowest BCUT2D eigenvalue weighted by atomic mass is 10.1.